The molecule has 0 aliphatic heterocycles. The van der Waals surface area contributed by atoms with Crippen molar-refractivity contribution in [2.24, 2.45) is 0 Å². The van der Waals surface area contributed by atoms with Crippen molar-refractivity contribution in [3.63, 3.8) is 0 Å². The van der Waals surface area contributed by atoms with Crippen LogP contribution < -0.4 is 15.1 Å². The first-order chi connectivity index (χ1) is 9.65. The van der Waals surface area contributed by atoms with E-state index in [9.17, 15) is 4.79 Å². The molecule has 4 nitrogen and oxygen atoms in total. The Morgan fingerprint density at radius 1 is 1.00 bits per heavy atom. The zero-order valence-electron chi connectivity index (χ0n) is 10.9. The van der Waals surface area contributed by atoms with Crippen molar-refractivity contribution in [1.82, 2.24) is 0 Å². The minimum atomic E-state index is -0.457. The van der Waals surface area contributed by atoms with Crippen LogP contribution in [0.3, 0.4) is 0 Å². The summed E-state index contributed by atoms with van der Waals surface area (Å²) >= 11 is 6.19. The predicted molar refractivity (Wildman–Crippen MR) is 78.1 cm³/mol. The first-order valence-electron chi connectivity index (χ1n) is 5.92. The summed E-state index contributed by atoms with van der Waals surface area (Å²) in [5.74, 6) is 1.07. The minimum Gasteiger partial charge on any atom is -0.497 e. The smallest absolute Gasteiger partial charge is 0.344 e. The van der Waals surface area contributed by atoms with Crippen molar-refractivity contribution in [1.29, 1.82) is 0 Å². The monoisotopic (exact) mass is 290 g/mol. The Morgan fingerprint density at radius 2 is 1.75 bits per heavy atom. The molecule has 1 heterocycles. The van der Waals surface area contributed by atoms with Crippen molar-refractivity contribution in [3.05, 3.63) is 45.8 Å². The molecule has 0 saturated carbocycles. The van der Waals surface area contributed by atoms with Crippen LogP contribution in [0.2, 0.25) is 5.02 Å². The molecule has 0 saturated heterocycles. The molecule has 20 heavy (non-hydrogen) atoms. The second-order valence-corrected chi connectivity index (χ2v) is 4.64. The number of fused-ring (bicyclic) bond motifs is 3. The molecule has 0 bridgehead atoms. The highest BCUT2D eigenvalue weighted by atomic mass is 35.5. The van der Waals surface area contributed by atoms with Gasteiger partial charge in [-0.15, -0.1) is 0 Å². The van der Waals surface area contributed by atoms with Crippen LogP contribution in [0.25, 0.3) is 21.7 Å². The molecule has 5 heteroatoms. The van der Waals surface area contributed by atoms with Crippen molar-refractivity contribution in [2.75, 3.05) is 14.2 Å². The van der Waals surface area contributed by atoms with Crippen molar-refractivity contribution in [3.8, 4) is 11.5 Å². The van der Waals surface area contributed by atoms with E-state index in [4.69, 9.17) is 25.5 Å². The van der Waals surface area contributed by atoms with E-state index in [0.29, 0.717) is 27.5 Å². The Kier molecular flexibility index (Phi) is 3.03. The largest absolute Gasteiger partial charge is 0.497 e. The van der Waals surface area contributed by atoms with E-state index in [-0.39, 0.29) is 0 Å². The van der Waals surface area contributed by atoms with Crippen LogP contribution in [0.15, 0.2) is 39.5 Å². The number of hydrogen-bond donors (Lipinski definition) is 0. The maximum atomic E-state index is 12.1. The van der Waals surface area contributed by atoms with Gasteiger partial charge in [-0.05, 0) is 30.3 Å². The van der Waals surface area contributed by atoms with E-state index in [1.165, 1.54) is 7.11 Å². The van der Waals surface area contributed by atoms with Gasteiger partial charge >= 0.3 is 5.63 Å². The number of methoxy groups -OCH3 is 2. The average molecular weight is 291 g/mol. The summed E-state index contributed by atoms with van der Waals surface area (Å²) in [7, 11) is 3.06. The molecule has 0 fully saturated rings. The van der Waals surface area contributed by atoms with Gasteiger partial charge in [-0.3, -0.25) is 0 Å². The van der Waals surface area contributed by atoms with Gasteiger partial charge in [0.2, 0.25) is 0 Å². The summed E-state index contributed by atoms with van der Waals surface area (Å²) in [5.41, 5.74) is -0.129. The predicted octanol–water partition coefficient (Wildman–Crippen LogP) is 3.62. The normalized spacial score (nSPS) is 10.9. The highest BCUT2D eigenvalue weighted by Crippen LogP contribution is 2.35. The summed E-state index contributed by atoms with van der Waals surface area (Å²) in [5, 5.41) is 2.27. The van der Waals surface area contributed by atoms with E-state index < -0.39 is 5.63 Å². The Bertz CT molecular complexity index is 867. The molecule has 0 aliphatic carbocycles. The van der Waals surface area contributed by atoms with E-state index >= 15 is 0 Å². The molecule has 3 aromatic rings. The van der Waals surface area contributed by atoms with E-state index in [1.54, 1.807) is 25.3 Å². The Labute approximate surface area is 119 Å². The van der Waals surface area contributed by atoms with Crippen LogP contribution in [0.1, 0.15) is 0 Å². The molecule has 0 aliphatic rings. The number of halogens is 1. The highest BCUT2D eigenvalue weighted by Gasteiger charge is 2.14. The lowest BCUT2D eigenvalue weighted by molar-refractivity contribution is 0.414. The van der Waals surface area contributed by atoms with Crippen LogP contribution in [-0.2, 0) is 0 Å². The molecule has 0 N–H and O–H groups in total. The summed E-state index contributed by atoms with van der Waals surface area (Å²) < 4.78 is 15.6. The van der Waals surface area contributed by atoms with Crippen LogP contribution in [0.4, 0.5) is 0 Å². The fourth-order valence-corrected chi connectivity index (χ4v) is 2.49. The molecule has 1 aromatic heterocycles. The maximum absolute atomic E-state index is 12.1. The van der Waals surface area contributed by atoms with Gasteiger partial charge in [0.25, 0.3) is 0 Å². The molecule has 0 atom stereocenters. The Hall–Kier alpha value is -2.20. The summed E-state index contributed by atoms with van der Waals surface area (Å²) in [6, 6.07) is 8.82. The van der Waals surface area contributed by atoms with E-state index in [0.717, 1.165) is 10.8 Å². The third kappa shape index (κ3) is 1.80. The molecule has 0 spiro atoms. The lowest BCUT2D eigenvalue weighted by Gasteiger charge is -2.08. The summed E-state index contributed by atoms with van der Waals surface area (Å²) in [6.45, 7) is 0. The average Bonchev–Trinajstić information content (AvgIpc) is 2.48. The maximum Gasteiger partial charge on any atom is 0.344 e. The third-order valence-electron chi connectivity index (χ3n) is 3.21. The molecular formula is C15H11ClO4. The van der Waals surface area contributed by atoms with Gasteiger partial charge in [0.15, 0.2) is 5.58 Å². The zero-order chi connectivity index (χ0) is 14.3. The van der Waals surface area contributed by atoms with Crippen LogP contribution in [-0.4, -0.2) is 14.2 Å². The Balaban J connectivity index is 2.48. The minimum absolute atomic E-state index is 0.291. The van der Waals surface area contributed by atoms with Gasteiger partial charge in [-0.25, -0.2) is 4.79 Å². The molecule has 0 amide bonds. The van der Waals surface area contributed by atoms with Gasteiger partial charge in [0.1, 0.15) is 16.5 Å². The first kappa shape index (κ1) is 12.8. The zero-order valence-corrected chi connectivity index (χ0v) is 11.7. The second kappa shape index (κ2) is 4.72. The van der Waals surface area contributed by atoms with Crippen molar-refractivity contribution >= 4 is 33.3 Å². The fourth-order valence-electron chi connectivity index (χ4n) is 2.21. The quantitative estimate of drug-likeness (QED) is 0.534. The highest BCUT2D eigenvalue weighted by molar-refractivity contribution is 6.37. The van der Waals surface area contributed by atoms with Crippen LogP contribution >= 0.6 is 11.6 Å². The number of benzene rings is 2. The van der Waals surface area contributed by atoms with Gasteiger partial charge < -0.3 is 13.9 Å². The van der Waals surface area contributed by atoms with Crippen molar-refractivity contribution < 1.29 is 13.9 Å². The standard InChI is InChI=1S/C15H11ClO4/c1-18-8-3-4-9-10-5-6-12(19-2)13(16)14(10)20-15(17)11(9)7-8/h3-7H,1-2H3. The van der Waals surface area contributed by atoms with Gasteiger partial charge in [-0.2, -0.15) is 0 Å². The SMILES string of the molecule is COc1ccc2c(c1)c(=O)oc1c(Cl)c(OC)ccc12. The molecule has 102 valence electrons. The molecule has 0 radical (unpaired) electrons. The van der Waals surface area contributed by atoms with E-state index in [2.05, 4.69) is 0 Å². The fraction of sp³-hybridized carbons (Fsp3) is 0.133. The number of ether oxygens (including phenoxy) is 2. The van der Waals surface area contributed by atoms with Gasteiger partial charge in [0, 0.05) is 10.8 Å². The van der Waals surface area contributed by atoms with Crippen LogP contribution in [0, 0.1) is 0 Å². The summed E-state index contributed by atoms with van der Waals surface area (Å²) in [6.07, 6.45) is 0. The van der Waals surface area contributed by atoms with Gasteiger partial charge in [-0.1, -0.05) is 11.6 Å². The van der Waals surface area contributed by atoms with Gasteiger partial charge in [0.05, 0.1) is 19.6 Å². The van der Waals surface area contributed by atoms with Crippen molar-refractivity contribution in [2.45, 2.75) is 0 Å². The number of hydrogen-bond acceptors (Lipinski definition) is 4. The topological polar surface area (TPSA) is 48.7 Å². The third-order valence-corrected chi connectivity index (χ3v) is 3.57. The van der Waals surface area contributed by atoms with Crippen LogP contribution in [0.5, 0.6) is 11.5 Å². The lowest BCUT2D eigenvalue weighted by Crippen LogP contribution is -2.01. The lowest BCUT2D eigenvalue weighted by atomic mass is 10.1. The van der Waals surface area contributed by atoms with E-state index in [1.807, 2.05) is 12.1 Å². The number of rotatable bonds is 2. The first-order valence-corrected chi connectivity index (χ1v) is 6.30. The molecular weight excluding hydrogens is 280 g/mol. The molecule has 0 unspecified atom stereocenters. The Morgan fingerprint density at radius 3 is 2.45 bits per heavy atom. The second-order valence-electron chi connectivity index (χ2n) is 4.26. The molecule has 2 aromatic carbocycles. The summed E-state index contributed by atoms with van der Waals surface area (Å²) in [4.78, 5) is 12.1. The molecule has 3 rings (SSSR count).